The zero-order valence-corrected chi connectivity index (χ0v) is 12.0. The number of likely N-dealkylation sites (N-methyl/N-ethyl adjacent to an activating group) is 1. The van der Waals surface area contributed by atoms with Crippen molar-refractivity contribution in [2.75, 3.05) is 32.8 Å². The van der Waals surface area contributed by atoms with Gasteiger partial charge in [-0.1, -0.05) is 25.4 Å². The molecule has 1 aromatic carbocycles. The average Bonchev–Trinajstić information content (AvgIpc) is 2.43. The SMILES string of the molecule is CCN(CC)CC(=O)c1cc2c(cc1Cl)OCCO2. The van der Waals surface area contributed by atoms with Crippen molar-refractivity contribution < 1.29 is 14.3 Å². The van der Waals surface area contributed by atoms with Gasteiger partial charge in [0.1, 0.15) is 13.2 Å². The molecule has 0 N–H and O–H groups in total. The van der Waals surface area contributed by atoms with Gasteiger partial charge in [-0.2, -0.15) is 0 Å². The van der Waals surface area contributed by atoms with Crippen LogP contribution in [0.5, 0.6) is 11.5 Å². The molecule has 0 saturated heterocycles. The van der Waals surface area contributed by atoms with Gasteiger partial charge in [-0.05, 0) is 19.2 Å². The summed E-state index contributed by atoms with van der Waals surface area (Å²) in [6.07, 6.45) is 0. The molecule has 4 nitrogen and oxygen atoms in total. The van der Waals surface area contributed by atoms with Gasteiger partial charge in [-0.3, -0.25) is 9.69 Å². The minimum Gasteiger partial charge on any atom is -0.486 e. The Balaban J connectivity index is 2.22. The van der Waals surface area contributed by atoms with Gasteiger partial charge in [0.25, 0.3) is 0 Å². The molecular formula is C14H18ClNO3. The van der Waals surface area contributed by atoms with E-state index in [1.54, 1.807) is 12.1 Å². The van der Waals surface area contributed by atoms with Crippen molar-refractivity contribution in [2.45, 2.75) is 13.8 Å². The van der Waals surface area contributed by atoms with Crippen LogP contribution in [0.25, 0.3) is 0 Å². The third-order valence-electron chi connectivity index (χ3n) is 3.19. The van der Waals surface area contributed by atoms with Crippen LogP contribution in [-0.2, 0) is 0 Å². The van der Waals surface area contributed by atoms with E-state index < -0.39 is 0 Å². The summed E-state index contributed by atoms with van der Waals surface area (Å²) < 4.78 is 10.9. The van der Waals surface area contributed by atoms with E-state index in [0.29, 0.717) is 41.8 Å². The maximum absolute atomic E-state index is 12.3. The van der Waals surface area contributed by atoms with Gasteiger partial charge in [-0.25, -0.2) is 0 Å². The van der Waals surface area contributed by atoms with E-state index >= 15 is 0 Å². The lowest BCUT2D eigenvalue weighted by Crippen LogP contribution is -2.29. The predicted molar refractivity (Wildman–Crippen MR) is 74.6 cm³/mol. The average molecular weight is 284 g/mol. The fraction of sp³-hybridized carbons (Fsp3) is 0.500. The predicted octanol–water partition coefficient (Wildman–Crippen LogP) is 2.64. The monoisotopic (exact) mass is 283 g/mol. The standard InChI is InChI=1S/C14H18ClNO3/c1-3-16(4-2)9-12(17)10-7-13-14(8-11(10)15)19-6-5-18-13/h7-8H,3-6,9H2,1-2H3. The van der Waals surface area contributed by atoms with Crippen LogP contribution >= 0.6 is 11.6 Å². The molecule has 1 heterocycles. The summed E-state index contributed by atoms with van der Waals surface area (Å²) >= 11 is 6.15. The number of carbonyl (C=O) groups excluding carboxylic acids is 1. The molecule has 1 aliphatic heterocycles. The quantitative estimate of drug-likeness (QED) is 0.779. The Kier molecular flexibility index (Phi) is 4.66. The molecule has 1 aliphatic rings. The smallest absolute Gasteiger partial charge is 0.178 e. The lowest BCUT2D eigenvalue weighted by Gasteiger charge is -2.21. The highest BCUT2D eigenvalue weighted by molar-refractivity contribution is 6.34. The first-order valence-electron chi connectivity index (χ1n) is 6.50. The number of hydrogen-bond donors (Lipinski definition) is 0. The van der Waals surface area contributed by atoms with Gasteiger partial charge in [0.15, 0.2) is 17.3 Å². The van der Waals surface area contributed by atoms with E-state index in [0.717, 1.165) is 13.1 Å². The van der Waals surface area contributed by atoms with Gasteiger partial charge in [-0.15, -0.1) is 0 Å². The van der Waals surface area contributed by atoms with Crippen molar-refractivity contribution in [3.05, 3.63) is 22.7 Å². The van der Waals surface area contributed by atoms with Crippen LogP contribution in [0.15, 0.2) is 12.1 Å². The molecule has 1 aromatic rings. The van der Waals surface area contributed by atoms with Crippen molar-refractivity contribution in [3.8, 4) is 11.5 Å². The number of benzene rings is 1. The molecule has 0 bridgehead atoms. The molecule has 0 fully saturated rings. The molecular weight excluding hydrogens is 266 g/mol. The van der Waals surface area contributed by atoms with Crippen LogP contribution < -0.4 is 9.47 Å². The minimum absolute atomic E-state index is 0.00525. The third kappa shape index (κ3) is 3.19. The zero-order valence-electron chi connectivity index (χ0n) is 11.2. The number of rotatable bonds is 5. The van der Waals surface area contributed by atoms with Crippen molar-refractivity contribution in [3.63, 3.8) is 0 Å². The molecule has 0 spiro atoms. The Morgan fingerprint density at radius 3 is 2.37 bits per heavy atom. The van der Waals surface area contributed by atoms with Crippen LogP contribution in [0.4, 0.5) is 0 Å². The Hall–Kier alpha value is -1.26. The molecule has 0 aliphatic carbocycles. The summed E-state index contributed by atoms with van der Waals surface area (Å²) in [6.45, 7) is 7.11. The van der Waals surface area contributed by atoms with Crippen molar-refractivity contribution in [1.29, 1.82) is 0 Å². The highest BCUT2D eigenvalue weighted by atomic mass is 35.5. The van der Waals surface area contributed by atoms with E-state index in [2.05, 4.69) is 4.90 Å². The molecule has 0 radical (unpaired) electrons. The van der Waals surface area contributed by atoms with Crippen molar-refractivity contribution in [2.24, 2.45) is 0 Å². The van der Waals surface area contributed by atoms with Crippen LogP contribution in [0.1, 0.15) is 24.2 Å². The molecule has 5 heteroatoms. The summed E-state index contributed by atoms with van der Waals surface area (Å²) in [5.74, 6) is 1.21. The second kappa shape index (κ2) is 6.26. The highest BCUT2D eigenvalue weighted by Gasteiger charge is 2.19. The lowest BCUT2D eigenvalue weighted by atomic mass is 10.1. The van der Waals surface area contributed by atoms with Crippen LogP contribution in [0.3, 0.4) is 0 Å². The maximum atomic E-state index is 12.3. The van der Waals surface area contributed by atoms with E-state index in [4.69, 9.17) is 21.1 Å². The molecule has 0 unspecified atom stereocenters. The highest BCUT2D eigenvalue weighted by Crippen LogP contribution is 2.35. The molecule has 0 atom stereocenters. The molecule has 0 saturated carbocycles. The number of halogens is 1. The summed E-state index contributed by atoms with van der Waals surface area (Å²) in [6, 6.07) is 3.34. The van der Waals surface area contributed by atoms with Crippen LogP contribution in [0.2, 0.25) is 5.02 Å². The molecule has 104 valence electrons. The molecule has 0 amide bonds. The van der Waals surface area contributed by atoms with Gasteiger partial charge in [0.05, 0.1) is 11.6 Å². The topological polar surface area (TPSA) is 38.8 Å². The molecule has 2 rings (SSSR count). The molecule has 19 heavy (non-hydrogen) atoms. The first-order valence-corrected chi connectivity index (χ1v) is 6.88. The Morgan fingerprint density at radius 2 is 1.79 bits per heavy atom. The molecule has 0 aromatic heterocycles. The van der Waals surface area contributed by atoms with E-state index in [1.807, 2.05) is 13.8 Å². The summed E-state index contributed by atoms with van der Waals surface area (Å²) in [4.78, 5) is 14.3. The van der Waals surface area contributed by atoms with Crippen LogP contribution in [-0.4, -0.2) is 43.5 Å². The number of hydrogen-bond acceptors (Lipinski definition) is 4. The Bertz CT molecular complexity index is 472. The van der Waals surface area contributed by atoms with Crippen LogP contribution in [0, 0.1) is 0 Å². The first-order chi connectivity index (χ1) is 9.15. The van der Waals surface area contributed by atoms with Crippen molar-refractivity contribution >= 4 is 17.4 Å². The maximum Gasteiger partial charge on any atom is 0.178 e. The number of fused-ring (bicyclic) bond motifs is 1. The van der Waals surface area contributed by atoms with Gasteiger partial charge >= 0.3 is 0 Å². The zero-order chi connectivity index (χ0) is 13.8. The number of ketones is 1. The number of nitrogens with zero attached hydrogens (tertiary/aromatic N) is 1. The number of ether oxygens (including phenoxy) is 2. The summed E-state index contributed by atoms with van der Waals surface area (Å²) in [7, 11) is 0. The third-order valence-corrected chi connectivity index (χ3v) is 3.51. The Labute approximate surface area is 118 Å². The first kappa shape index (κ1) is 14.2. The van der Waals surface area contributed by atoms with E-state index in [-0.39, 0.29) is 5.78 Å². The number of Topliss-reactive ketones (excluding diaryl/α,β-unsaturated/α-hetero) is 1. The minimum atomic E-state index is 0.00525. The van der Waals surface area contributed by atoms with Gasteiger partial charge < -0.3 is 9.47 Å². The number of carbonyl (C=O) groups is 1. The van der Waals surface area contributed by atoms with Crippen molar-refractivity contribution in [1.82, 2.24) is 4.90 Å². The summed E-state index contributed by atoms with van der Waals surface area (Å²) in [5, 5.41) is 0.418. The van der Waals surface area contributed by atoms with E-state index in [1.165, 1.54) is 0 Å². The second-order valence-electron chi connectivity index (χ2n) is 4.36. The Morgan fingerprint density at radius 1 is 1.21 bits per heavy atom. The fourth-order valence-corrected chi connectivity index (χ4v) is 2.27. The van der Waals surface area contributed by atoms with Gasteiger partial charge in [0.2, 0.25) is 0 Å². The fourth-order valence-electron chi connectivity index (χ4n) is 2.01. The van der Waals surface area contributed by atoms with Gasteiger partial charge in [0, 0.05) is 11.6 Å². The largest absolute Gasteiger partial charge is 0.486 e. The van der Waals surface area contributed by atoms with E-state index in [9.17, 15) is 4.79 Å². The second-order valence-corrected chi connectivity index (χ2v) is 4.77. The summed E-state index contributed by atoms with van der Waals surface area (Å²) in [5.41, 5.74) is 0.498. The lowest BCUT2D eigenvalue weighted by molar-refractivity contribution is 0.0936. The normalized spacial score (nSPS) is 13.7.